The fourth-order valence-corrected chi connectivity index (χ4v) is 4.66. The molecule has 3 N–H and O–H groups in total. The Morgan fingerprint density at radius 1 is 1.35 bits per heavy atom. The summed E-state index contributed by atoms with van der Waals surface area (Å²) in [6.45, 7) is 4.08. The zero-order chi connectivity index (χ0) is 22.5. The number of amidine groups is 1. The van der Waals surface area contributed by atoms with Crippen LogP contribution in [0.5, 0.6) is 0 Å². The number of nitriles is 1. The highest BCUT2D eigenvalue weighted by atomic mass is 35.5. The highest BCUT2D eigenvalue weighted by Crippen LogP contribution is 2.43. The van der Waals surface area contributed by atoms with E-state index in [0.29, 0.717) is 69.4 Å². The van der Waals surface area contributed by atoms with Gasteiger partial charge in [-0.05, 0) is 30.7 Å². The van der Waals surface area contributed by atoms with Crippen LogP contribution in [0.1, 0.15) is 22.2 Å². The Morgan fingerprint density at radius 3 is 2.65 bits per heavy atom. The monoisotopic (exact) mass is 477 g/mol. The van der Waals surface area contributed by atoms with Gasteiger partial charge >= 0.3 is 0 Å². The Balaban J connectivity index is 2.15. The van der Waals surface area contributed by atoms with Crippen molar-refractivity contribution < 1.29 is 9.53 Å². The third-order valence-electron chi connectivity index (χ3n) is 4.56. The Morgan fingerprint density at radius 2 is 2.06 bits per heavy atom. The highest BCUT2D eigenvalue weighted by Gasteiger charge is 2.28. The van der Waals surface area contributed by atoms with Crippen LogP contribution in [0.25, 0.3) is 11.1 Å². The zero-order valence-electron chi connectivity index (χ0n) is 17.0. The number of ether oxygens (including phenoxy) is 1. The van der Waals surface area contributed by atoms with E-state index in [1.165, 1.54) is 11.3 Å². The number of amides is 1. The van der Waals surface area contributed by atoms with Crippen molar-refractivity contribution in [1.29, 1.82) is 5.26 Å². The molecule has 1 aromatic heterocycles. The van der Waals surface area contributed by atoms with Gasteiger partial charge in [0, 0.05) is 31.4 Å². The SMILES string of the molecule is CN=C(C=C(C)N)NC(=O)c1sc(N2CCOCC2)c(C#N)c1-c1ccc(Cl)c(Cl)c1. The van der Waals surface area contributed by atoms with E-state index in [1.54, 1.807) is 38.2 Å². The average Bonchev–Trinajstić information content (AvgIpc) is 3.15. The van der Waals surface area contributed by atoms with E-state index < -0.39 is 0 Å². The molecule has 10 heteroatoms. The number of aliphatic imine (C=N–C) groups is 1. The first-order chi connectivity index (χ1) is 14.8. The molecule has 162 valence electrons. The topological polar surface area (TPSA) is 104 Å². The smallest absolute Gasteiger partial charge is 0.267 e. The first-order valence-corrected chi connectivity index (χ1v) is 11.0. The summed E-state index contributed by atoms with van der Waals surface area (Å²) in [5, 5.41) is 14.2. The van der Waals surface area contributed by atoms with Crippen LogP contribution >= 0.6 is 34.5 Å². The van der Waals surface area contributed by atoms with Crippen molar-refractivity contribution in [2.45, 2.75) is 6.92 Å². The van der Waals surface area contributed by atoms with Crippen LogP contribution in [0.2, 0.25) is 10.0 Å². The minimum atomic E-state index is -0.389. The molecule has 1 amide bonds. The number of allylic oxidation sites excluding steroid dienone is 1. The summed E-state index contributed by atoms with van der Waals surface area (Å²) in [7, 11) is 1.56. The van der Waals surface area contributed by atoms with Crippen LogP contribution in [0.3, 0.4) is 0 Å². The lowest BCUT2D eigenvalue weighted by molar-refractivity contribution is 0.0981. The van der Waals surface area contributed by atoms with E-state index in [0.717, 1.165) is 5.00 Å². The van der Waals surface area contributed by atoms with Crippen molar-refractivity contribution in [3.63, 3.8) is 0 Å². The third-order valence-corrected chi connectivity index (χ3v) is 6.55. The number of thiophene rings is 1. The van der Waals surface area contributed by atoms with Gasteiger partial charge in [-0.15, -0.1) is 11.3 Å². The van der Waals surface area contributed by atoms with Crippen LogP contribution in [0.15, 0.2) is 35.0 Å². The van der Waals surface area contributed by atoms with Gasteiger partial charge in [-0.25, -0.2) is 0 Å². The van der Waals surface area contributed by atoms with Crippen molar-refractivity contribution in [3.05, 3.63) is 50.5 Å². The lowest BCUT2D eigenvalue weighted by atomic mass is 10.0. The number of nitrogens with two attached hydrogens (primary N) is 1. The predicted molar refractivity (Wildman–Crippen MR) is 126 cm³/mol. The third kappa shape index (κ3) is 5.20. The molecule has 0 aliphatic carbocycles. The molecular formula is C21H21Cl2N5O2S. The number of nitrogens with zero attached hydrogens (tertiary/aromatic N) is 3. The van der Waals surface area contributed by atoms with Gasteiger partial charge in [0.2, 0.25) is 0 Å². The predicted octanol–water partition coefficient (Wildman–Crippen LogP) is 4.05. The Kier molecular flexibility index (Phi) is 7.57. The van der Waals surface area contributed by atoms with E-state index in [2.05, 4.69) is 21.3 Å². The highest BCUT2D eigenvalue weighted by molar-refractivity contribution is 7.19. The first kappa shape index (κ1) is 23.1. The lowest BCUT2D eigenvalue weighted by Gasteiger charge is -2.27. The summed E-state index contributed by atoms with van der Waals surface area (Å²) in [4.78, 5) is 19.7. The van der Waals surface area contributed by atoms with Crippen LogP contribution in [0, 0.1) is 11.3 Å². The minimum Gasteiger partial charge on any atom is -0.402 e. The largest absolute Gasteiger partial charge is 0.402 e. The standard InChI is InChI=1S/C21H21Cl2N5O2S/c1-12(25)9-17(26-2)27-20(29)19-18(13-3-4-15(22)16(23)10-13)14(11-24)21(31-19)28-5-7-30-8-6-28/h3-4,9-10H,5-8,25H2,1-2H3,(H,26,27,29). The summed E-state index contributed by atoms with van der Waals surface area (Å²) in [6, 6.07) is 7.33. The number of carbonyl (C=O) groups is 1. The second-order valence-corrected chi connectivity index (χ2v) is 8.59. The van der Waals surface area contributed by atoms with Gasteiger partial charge in [0.1, 0.15) is 21.8 Å². The Hall–Kier alpha value is -2.57. The molecule has 1 aliphatic rings. The lowest BCUT2D eigenvalue weighted by Crippen LogP contribution is -2.36. The Labute approximate surface area is 194 Å². The van der Waals surface area contributed by atoms with E-state index >= 15 is 0 Å². The van der Waals surface area contributed by atoms with Gasteiger partial charge < -0.3 is 20.7 Å². The molecule has 0 radical (unpaired) electrons. The number of morpholine rings is 1. The average molecular weight is 478 g/mol. The zero-order valence-corrected chi connectivity index (χ0v) is 19.4. The van der Waals surface area contributed by atoms with E-state index in [-0.39, 0.29) is 5.91 Å². The van der Waals surface area contributed by atoms with Crippen molar-refractivity contribution in [2.75, 3.05) is 38.3 Å². The molecule has 0 unspecified atom stereocenters. The summed E-state index contributed by atoms with van der Waals surface area (Å²) < 4.78 is 5.43. The molecule has 7 nitrogen and oxygen atoms in total. The van der Waals surface area contributed by atoms with Crippen molar-refractivity contribution >= 4 is 51.3 Å². The maximum absolute atomic E-state index is 13.2. The molecule has 1 saturated heterocycles. The quantitative estimate of drug-likeness (QED) is 0.510. The molecule has 0 atom stereocenters. The maximum atomic E-state index is 13.2. The number of halogens is 2. The molecule has 1 fully saturated rings. The van der Waals surface area contributed by atoms with Gasteiger partial charge in [0.25, 0.3) is 5.91 Å². The van der Waals surface area contributed by atoms with Gasteiger partial charge in [0.05, 0.1) is 28.8 Å². The van der Waals surface area contributed by atoms with Gasteiger partial charge in [-0.3, -0.25) is 9.79 Å². The van der Waals surface area contributed by atoms with Crippen LogP contribution in [-0.2, 0) is 4.74 Å². The number of carbonyl (C=O) groups excluding carboxylic acids is 1. The molecule has 1 aliphatic heterocycles. The second-order valence-electron chi connectivity index (χ2n) is 6.78. The molecule has 1 aromatic carbocycles. The maximum Gasteiger partial charge on any atom is 0.267 e. The van der Waals surface area contributed by atoms with E-state index in [9.17, 15) is 10.1 Å². The van der Waals surface area contributed by atoms with Crippen LogP contribution < -0.4 is 16.0 Å². The van der Waals surface area contributed by atoms with Gasteiger partial charge in [-0.2, -0.15) is 5.26 Å². The summed E-state index contributed by atoms with van der Waals surface area (Å²) in [5.74, 6) is -0.0647. The van der Waals surface area contributed by atoms with Crippen molar-refractivity contribution in [3.8, 4) is 17.2 Å². The number of hydrogen-bond donors (Lipinski definition) is 2. The summed E-state index contributed by atoms with van der Waals surface area (Å²) in [6.07, 6.45) is 1.57. The molecule has 0 spiro atoms. The first-order valence-electron chi connectivity index (χ1n) is 9.42. The number of benzene rings is 1. The normalized spacial score (nSPS) is 15.0. The minimum absolute atomic E-state index is 0.324. The van der Waals surface area contributed by atoms with Gasteiger partial charge in [0.15, 0.2) is 0 Å². The number of rotatable bonds is 4. The van der Waals surface area contributed by atoms with Crippen molar-refractivity contribution in [1.82, 2.24) is 5.32 Å². The number of anilines is 1. The second kappa shape index (κ2) is 10.2. The fourth-order valence-electron chi connectivity index (χ4n) is 3.14. The fraction of sp³-hybridized carbons (Fsp3) is 0.286. The van der Waals surface area contributed by atoms with Crippen molar-refractivity contribution in [2.24, 2.45) is 10.7 Å². The molecule has 2 heterocycles. The molecule has 3 rings (SSSR count). The molecule has 31 heavy (non-hydrogen) atoms. The van der Waals surface area contributed by atoms with Crippen LogP contribution in [-0.4, -0.2) is 45.1 Å². The Bertz CT molecular complexity index is 1090. The number of hydrogen-bond acceptors (Lipinski definition) is 7. The number of nitrogens with one attached hydrogen (secondary N) is 1. The summed E-state index contributed by atoms with van der Waals surface area (Å²) in [5.41, 5.74) is 7.78. The van der Waals surface area contributed by atoms with E-state index in [4.69, 9.17) is 33.7 Å². The van der Waals surface area contributed by atoms with Crippen LogP contribution in [0.4, 0.5) is 5.00 Å². The molecular weight excluding hydrogens is 457 g/mol. The summed E-state index contributed by atoms with van der Waals surface area (Å²) >= 11 is 13.6. The van der Waals surface area contributed by atoms with Gasteiger partial charge in [-0.1, -0.05) is 29.3 Å². The molecule has 2 aromatic rings. The molecule has 0 saturated carbocycles. The molecule has 0 bridgehead atoms. The van der Waals surface area contributed by atoms with E-state index in [1.807, 2.05) is 0 Å².